The molecule has 0 aliphatic carbocycles. The number of aromatic nitrogens is 1. The summed E-state index contributed by atoms with van der Waals surface area (Å²) in [6.07, 6.45) is 0.994. The van der Waals surface area contributed by atoms with Gasteiger partial charge in [-0.3, -0.25) is 4.79 Å². The van der Waals surface area contributed by atoms with Crippen molar-refractivity contribution < 1.29 is 9.47 Å². The Morgan fingerprint density at radius 3 is 2.55 bits per heavy atom. The van der Waals surface area contributed by atoms with E-state index < -0.39 is 0 Å². The maximum atomic E-state index is 12.7. The van der Waals surface area contributed by atoms with E-state index in [1.165, 1.54) is 0 Å². The first-order valence-corrected chi connectivity index (χ1v) is 10.7. The maximum Gasteiger partial charge on any atom is 0.253 e. The SMILES string of the molecule is CCCNC(=S)N(CCN(CC)CC)Cc1cc2cc3c(cc2[nH]c1=O)OCO3. The van der Waals surface area contributed by atoms with Gasteiger partial charge in [-0.25, -0.2) is 0 Å². The molecule has 3 rings (SSSR count). The topological polar surface area (TPSA) is 69.8 Å². The van der Waals surface area contributed by atoms with Crippen LogP contribution in [0.5, 0.6) is 11.5 Å². The van der Waals surface area contributed by atoms with Crippen molar-refractivity contribution in [3.63, 3.8) is 0 Å². The molecule has 0 radical (unpaired) electrons. The highest BCUT2D eigenvalue weighted by molar-refractivity contribution is 7.80. The quantitative estimate of drug-likeness (QED) is 0.607. The highest BCUT2D eigenvalue weighted by atomic mass is 32.1. The second-order valence-electron chi connectivity index (χ2n) is 7.10. The molecule has 0 spiro atoms. The van der Waals surface area contributed by atoms with Crippen LogP contribution in [-0.2, 0) is 6.54 Å². The van der Waals surface area contributed by atoms with E-state index in [0.29, 0.717) is 28.7 Å². The number of fused-ring (bicyclic) bond motifs is 2. The van der Waals surface area contributed by atoms with Crippen LogP contribution in [0.4, 0.5) is 0 Å². The van der Waals surface area contributed by atoms with Gasteiger partial charge in [0, 0.05) is 36.7 Å². The van der Waals surface area contributed by atoms with Crippen molar-refractivity contribution in [2.75, 3.05) is 39.5 Å². The van der Waals surface area contributed by atoms with E-state index >= 15 is 0 Å². The Hall–Kier alpha value is -2.32. The average Bonchev–Trinajstić information content (AvgIpc) is 3.17. The van der Waals surface area contributed by atoms with Crippen LogP contribution in [-0.4, -0.2) is 59.4 Å². The van der Waals surface area contributed by atoms with Crippen molar-refractivity contribution in [3.8, 4) is 11.5 Å². The van der Waals surface area contributed by atoms with Gasteiger partial charge in [-0.2, -0.15) is 0 Å². The summed E-state index contributed by atoms with van der Waals surface area (Å²) in [5.74, 6) is 1.36. The number of hydrogen-bond acceptors (Lipinski definition) is 5. The first-order chi connectivity index (χ1) is 14.0. The standard InChI is InChI=1S/C21H30N4O3S/c1-4-7-22-21(29)25(9-8-24(5-2)6-3)13-16-10-15-11-18-19(28-14-27-18)12-17(15)23-20(16)26/h10-12H,4-9,13-14H2,1-3H3,(H,22,29)(H,23,26). The van der Waals surface area contributed by atoms with Crippen LogP contribution in [0.15, 0.2) is 23.0 Å². The normalized spacial score (nSPS) is 12.6. The summed E-state index contributed by atoms with van der Waals surface area (Å²) in [6, 6.07) is 5.64. The second-order valence-corrected chi connectivity index (χ2v) is 7.48. The number of nitrogens with zero attached hydrogens (tertiary/aromatic N) is 2. The van der Waals surface area contributed by atoms with E-state index in [-0.39, 0.29) is 12.4 Å². The molecular formula is C21H30N4O3S. The second kappa shape index (κ2) is 9.93. The van der Waals surface area contributed by atoms with E-state index in [0.717, 1.165) is 50.0 Å². The van der Waals surface area contributed by atoms with Crippen molar-refractivity contribution in [1.82, 2.24) is 20.1 Å². The lowest BCUT2D eigenvalue weighted by Gasteiger charge is -2.28. The van der Waals surface area contributed by atoms with E-state index in [1.807, 2.05) is 18.2 Å². The van der Waals surface area contributed by atoms with Crippen molar-refractivity contribution in [2.24, 2.45) is 0 Å². The Labute approximate surface area is 177 Å². The number of ether oxygens (including phenoxy) is 2. The number of nitrogens with one attached hydrogen (secondary N) is 2. The van der Waals surface area contributed by atoms with Crippen molar-refractivity contribution in [1.29, 1.82) is 0 Å². The minimum absolute atomic E-state index is 0.109. The fraction of sp³-hybridized carbons (Fsp3) is 0.524. The molecule has 0 amide bonds. The molecule has 0 saturated heterocycles. The van der Waals surface area contributed by atoms with Crippen LogP contribution in [0.2, 0.25) is 0 Å². The number of aromatic amines is 1. The number of pyridine rings is 1. The van der Waals surface area contributed by atoms with Gasteiger partial charge in [-0.15, -0.1) is 0 Å². The molecule has 1 aromatic heterocycles. The smallest absolute Gasteiger partial charge is 0.253 e. The van der Waals surface area contributed by atoms with Gasteiger partial charge in [0.1, 0.15) is 0 Å². The minimum atomic E-state index is -0.109. The summed E-state index contributed by atoms with van der Waals surface area (Å²) < 4.78 is 10.9. The summed E-state index contributed by atoms with van der Waals surface area (Å²) in [4.78, 5) is 20.1. The van der Waals surface area contributed by atoms with Crippen molar-refractivity contribution in [2.45, 2.75) is 33.7 Å². The molecule has 2 aromatic rings. The Balaban J connectivity index is 1.83. The lowest BCUT2D eigenvalue weighted by atomic mass is 10.1. The predicted octanol–water partition coefficient (Wildman–Crippen LogP) is 2.69. The van der Waals surface area contributed by atoms with Crippen molar-refractivity contribution >= 4 is 28.2 Å². The van der Waals surface area contributed by atoms with Gasteiger partial charge in [0.15, 0.2) is 16.6 Å². The van der Waals surface area contributed by atoms with Crippen LogP contribution in [0.25, 0.3) is 10.9 Å². The summed E-state index contributed by atoms with van der Waals surface area (Å²) >= 11 is 5.62. The van der Waals surface area contributed by atoms with Gasteiger partial charge in [-0.1, -0.05) is 20.8 Å². The molecule has 0 bridgehead atoms. The number of benzene rings is 1. The molecule has 0 fully saturated rings. The zero-order valence-electron chi connectivity index (χ0n) is 17.4. The average molecular weight is 419 g/mol. The summed E-state index contributed by atoms with van der Waals surface area (Å²) in [7, 11) is 0. The molecule has 0 atom stereocenters. The number of rotatable bonds is 9. The fourth-order valence-electron chi connectivity index (χ4n) is 3.36. The highest BCUT2D eigenvalue weighted by Crippen LogP contribution is 2.35. The molecule has 29 heavy (non-hydrogen) atoms. The number of H-pyrrole nitrogens is 1. The van der Waals surface area contributed by atoms with E-state index in [2.05, 4.69) is 40.9 Å². The zero-order valence-corrected chi connectivity index (χ0v) is 18.2. The third-order valence-corrected chi connectivity index (χ3v) is 5.57. The van der Waals surface area contributed by atoms with Crippen LogP contribution in [0, 0.1) is 0 Å². The monoisotopic (exact) mass is 418 g/mol. The van der Waals surface area contributed by atoms with Gasteiger partial charge < -0.3 is 29.6 Å². The lowest BCUT2D eigenvalue weighted by Crippen LogP contribution is -2.44. The van der Waals surface area contributed by atoms with Crippen molar-refractivity contribution in [3.05, 3.63) is 34.1 Å². The van der Waals surface area contributed by atoms with Gasteiger partial charge in [-0.05, 0) is 43.9 Å². The predicted molar refractivity (Wildman–Crippen MR) is 120 cm³/mol. The molecular weight excluding hydrogens is 388 g/mol. The highest BCUT2D eigenvalue weighted by Gasteiger charge is 2.17. The van der Waals surface area contributed by atoms with Crippen LogP contribution < -0.4 is 20.3 Å². The zero-order chi connectivity index (χ0) is 20.8. The number of thiocarbonyl (C=S) groups is 1. The molecule has 1 aromatic carbocycles. The first-order valence-electron chi connectivity index (χ1n) is 10.3. The third-order valence-electron chi connectivity index (χ3n) is 5.17. The Morgan fingerprint density at radius 2 is 1.86 bits per heavy atom. The molecule has 0 saturated carbocycles. The molecule has 0 unspecified atom stereocenters. The molecule has 1 aliphatic rings. The Bertz CT molecular complexity index is 911. The first kappa shape index (κ1) is 21.4. The molecule has 2 heterocycles. The maximum absolute atomic E-state index is 12.7. The van der Waals surface area contributed by atoms with E-state index in [4.69, 9.17) is 21.7 Å². The number of likely N-dealkylation sites (N-methyl/N-ethyl adjacent to an activating group) is 1. The van der Waals surface area contributed by atoms with E-state index in [9.17, 15) is 4.79 Å². The van der Waals surface area contributed by atoms with Crippen LogP contribution in [0.3, 0.4) is 0 Å². The number of hydrogen-bond donors (Lipinski definition) is 2. The third kappa shape index (κ3) is 5.19. The molecule has 7 nitrogen and oxygen atoms in total. The molecule has 2 N–H and O–H groups in total. The lowest BCUT2D eigenvalue weighted by molar-refractivity contribution is 0.174. The van der Waals surface area contributed by atoms with Gasteiger partial charge >= 0.3 is 0 Å². The van der Waals surface area contributed by atoms with Gasteiger partial charge in [0.2, 0.25) is 6.79 Å². The van der Waals surface area contributed by atoms with Crippen LogP contribution >= 0.6 is 12.2 Å². The fourth-order valence-corrected chi connectivity index (χ4v) is 3.62. The van der Waals surface area contributed by atoms with Gasteiger partial charge in [0.25, 0.3) is 5.56 Å². The molecule has 158 valence electrons. The summed E-state index contributed by atoms with van der Waals surface area (Å²) in [5, 5.41) is 4.89. The van der Waals surface area contributed by atoms with Crippen LogP contribution in [0.1, 0.15) is 32.8 Å². The molecule has 8 heteroatoms. The Kier molecular flexibility index (Phi) is 7.33. The molecule has 1 aliphatic heterocycles. The Morgan fingerprint density at radius 1 is 1.14 bits per heavy atom. The minimum Gasteiger partial charge on any atom is -0.454 e. The van der Waals surface area contributed by atoms with Gasteiger partial charge in [0.05, 0.1) is 12.1 Å². The summed E-state index contributed by atoms with van der Waals surface area (Å²) in [6.45, 7) is 11.5. The summed E-state index contributed by atoms with van der Waals surface area (Å²) in [5.41, 5.74) is 1.31. The largest absolute Gasteiger partial charge is 0.454 e. The van der Waals surface area contributed by atoms with E-state index in [1.54, 1.807) is 0 Å².